The first kappa shape index (κ1) is 24.3. The van der Waals surface area contributed by atoms with E-state index in [1.54, 1.807) is 0 Å². The lowest BCUT2D eigenvalue weighted by Crippen LogP contribution is -2.41. The van der Waals surface area contributed by atoms with Gasteiger partial charge in [-0.05, 0) is 28.7 Å². The predicted octanol–water partition coefficient (Wildman–Crippen LogP) is 3.30. The first-order chi connectivity index (χ1) is 16.0. The zero-order valence-corrected chi connectivity index (χ0v) is 18.7. The molecule has 0 saturated carbocycles. The summed E-state index contributed by atoms with van der Waals surface area (Å²) in [6.07, 6.45) is 0.571. The fraction of sp³-hybridized carbons (Fsp3) is 0.400. The fourth-order valence-corrected chi connectivity index (χ4v) is 3.95. The third kappa shape index (κ3) is 6.55. The van der Waals surface area contributed by atoms with Gasteiger partial charge in [-0.2, -0.15) is 0 Å². The number of hydrogen-bond donors (Lipinski definition) is 3. The Bertz CT molecular complexity index is 931. The average molecular weight is 455 g/mol. The van der Waals surface area contributed by atoms with Gasteiger partial charge in [0.05, 0.1) is 13.2 Å². The molecule has 3 N–H and O–H groups in total. The van der Waals surface area contributed by atoms with Crippen LogP contribution in [0.1, 0.15) is 43.2 Å². The summed E-state index contributed by atoms with van der Waals surface area (Å²) in [5.41, 5.74) is 4.64. The van der Waals surface area contributed by atoms with Crippen molar-refractivity contribution in [2.75, 3.05) is 26.4 Å². The summed E-state index contributed by atoms with van der Waals surface area (Å²) in [6, 6.07) is 15.4. The summed E-state index contributed by atoms with van der Waals surface area (Å²) in [4.78, 5) is 35.0. The molecule has 1 atom stereocenters. The smallest absolute Gasteiger partial charge is 0.407 e. The van der Waals surface area contributed by atoms with Crippen molar-refractivity contribution in [2.24, 2.45) is 0 Å². The molecule has 0 aliphatic heterocycles. The van der Waals surface area contributed by atoms with E-state index in [0.29, 0.717) is 12.8 Å². The summed E-state index contributed by atoms with van der Waals surface area (Å²) >= 11 is 0. The van der Waals surface area contributed by atoms with Crippen LogP contribution >= 0.6 is 0 Å². The molecule has 2 aromatic carbocycles. The van der Waals surface area contributed by atoms with Crippen LogP contribution in [0.15, 0.2) is 48.5 Å². The minimum atomic E-state index is -1.04. The second kappa shape index (κ2) is 12.0. The SMILES string of the molecule is CCC[C@@H](NC(=O)CCOCCNC(=O)OCC1c2ccccc2-c2ccccc21)C(=O)O. The van der Waals surface area contributed by atoms with Gasteiger partial charge in [-0.3, -0.25) is 4.79 Å². The zero-order valence-electron chi connectivity index (χ0n) is 18.7. The van der Waals surface area contributed by atoms with Gasteiger partial charge in [0, 0.05) is 18.9 Å². The number of nitrogens with one attached hydrogen (secondary N) is 2. The Morgan fingerprint density at radius 2 is 1.64 bits per heavy atom. The highest BCUT2D eigenvalue weighted by Crippen LogP contribution is 2.44. The van der Waals surface area contributed by atoms with E-state index in [4.69, 9.17) is 14.6 Å². The van der Waals surface area contributed by atoms with Crippen molar-refractivity contribution in [3.05, 3.63) is 59.7 Å². The number of carbonyl (C=O) groups excluding carboxylic acids is 2. The van der Waals surface area contributed by atoms with E-state index in [1.165, 1.54) is 11.1 Å². The number of carboxylic acids is 1. The third-order valence-electron chi connectivity index (χ3n) is 5.54. The van der Waals surface area contributed by atoms with E-state index in [2.05, 4.69) is 34.9 Å². The Morgan fingerprint density at radius 1 is 1.00 bits per heavy atom. The Labute approximate surface area is 193 Å². The highest BCUT2D eigenvalue weighted by atomic mass is 16.5. The lowest BCUT2D eigenvalue weighted by molar-refractivity contribution is -0.142. The van der Waals surface area contributed by atoms with Gasteiger partial charge in [-0.15, -0.1) is 0 Å². The van der Waals surface area contributed by atoms with Crippen LogP contribution in [-0.2, 0) is 19.1 Å². The summed E-state index contributed by atoms with van der Waals surface area (Å²) in [7, 11) is 0. The molecule has 0 fully saturated rings. The van der Waals surface area contributed by atoms with Crippen molar-refractivity contribution in [3.8, 4) is 11.1 Å². The molecule has 0 aromatic heterocycles. The van der Waals surface area contributed by atoms with Gasteiger partial charge in [0.25, 0.3) is 0 Å². The number of ether oxygens (including phenoxy) is 2. The van der Waals surface area contributed by atoms with E-state index in [9.17, 15) is 14.4 Å². The van der Waals surface area contributed by atoms with E-state index in [-0.39, 0.29) is 44.6 Å². The van der Waals surface area contributed by atoms with E-state index in [0.717, 1.165) is 11.1 Å². The van der Waals surface area contributed by atoms with Crippen LogP contribution in [0.5, 0.6) is 0 Å². The minimum Gasteiger partial charge on any atom is -0.480 e. The molecule has 0 heterocycles. The number of alkyl carbamates (subject to hydrolysis) is 1. The first-order valence-electron chi connectivity index (χ1n) is 11.2. The number of hydrogen-bond acceptors (Lipinski definition) is 5. The van der Waals surface area contributed by atoms with Crippen molar-refractivity contribution in [1.82, 2.24) is 10.6 Å². The largest absolute Gasteiger partial charge is 0.480 e. The number of carboxylic acid groups (broad SMARTS) is 1. The Kier molecular flexibility index (Phi) is 8.83. The van der Waals surface area contributed by atoms with E-state index in [1.807, 2.05) is 31.2 Å². The Balaban J connectivity index is 1.33. The lowest BCUT2D eigenvalue weighted by atomic mass is 9.98. The first-order valence-corrected chi connectivity index (χ1v) is 11.2. The third-order valence-corrected chi connectivity index (χ3v) is 5.54. The number of benzene rings is 2. The molecule has 176 valence electrons. The quantitative estimate of drug-likeness (QED) is 0.424. The Morgan fingerprint density at radius 3 is 2.24 bits per heavy atom. The number of aliphatic carboxylic acids is 1. The molecule has 8 heteroatoms. The maximum Gasteiger partial charge on any atom is 0.407 e. The van der Waals surface area contributed by atoms with Crippen LogP contribution in [0.25, 0.3) is 11.1 Å². The van der Waals surface area contributed by atoms with Crippen molar-refractivity contribution >= 4 is 18.0 Å². The molecule has 1 aliphatic rings. The van der Waals surface area contributed by atoms with Gasteiger partial charge >= 0.3 is 12.1 Å². The summed E-state index contributed by atoms with van der Waals surface area (Å²) in [5, 5.41) is 14.2. The van der Waals surface area contributed by atoms with Gasteiger partial charge in [-0.1, -0.05) is 61.9 Å². The van der Waals surface area contributed by atoms with Crippen LogP contribution in [0.3, 0.4) is 0 Å². The maximum absolute atomic E-state index is 12.1. The maximum atomic E-state index is 12.1. The van der Waals surface area contributed by atoms with Crippen LogP contribution in [0.4, 0.5) is 4.79 Å². The fourth-order valence-electron chi connectivity index (χ4n) is 3.95. The zero-order chi connectivity index (χ0) is 23.6. The molecular weight excluding hydrogens is 424 g/mol. The molecule has 0 saturated heterocycles. The van der Waals surface area contributed by atoms with Crippen LogP contribution in [0.2, 0.25) is 0 Å². The summed E-state index contributed by atoms with van der Waals surface area (Å²) in [5.74, 6) is -1.42. The van der Waals surface area contributed by atoms with Crippen molar-refractivity contribution < 1.29 is 29.0 Å². The van der Waals surface area contributed by atoms with Crippen LogP contribution in [0, 0.1) is 0 Å². The van der Waals surface area contributed by atoms with E-state index < -0.39 is 18.1 Å². The molecule has 0 bridgehead atoms. The predicted molar refractivity (Wildman–Crippen MR) is 123 cm³/mol. The van der Waals surface area contributed by atoms with E-state index >= 15 is 0 Å². The molecule has 2 aromatic rings. The molecule has 0 radical (unpaired) electrons. The molecule has 2 amide bonds. The standard InChI is InChI=1S/C25H30N2O6/c1-2-7-22(24(29)30)27-23(28)12-14-32-15-13-26-25(31)33-16-21-19-10-5-3-8-17(19)18-9-4-6-11-20(18)21/h3-6,8-11,21-22H,2,7,12-16H2,1H3,(H,26,31)(H,27,28)(H,29,30)/t22-/m1/s1. The topological polar surface area (TPSA) is 114 Å². The highest BCUT2D eigenvalue weighted by molar-refractivity contribution is 5.83. The monoisotopic (exact) mass is 454 g/mol. The van der Waals surface area contributed by atoms with Gasteiger partial charge in [0.1, 0.15) is 12.6 Å². The van der Waals surface area contributed by atoms with Gasteiger partial charge < -0.3 is 25.2 Å². The second-order valence-electron chi connectivity index (χ2n) is 7.86. The molecule has 3 rings (SSSR count). The minimum absolute atomic E-state index is 0.000231. The molecule has 0 unspecified atom stereocenters. The summed E-state index contributed by atoms with van der Waals surface area (Å²) in [6.45, 7) is 2.69. The van der Waals surface area contributed by atoms with Gasteiger partial charge in [0.15, 0.2) is 0 Å². The van der Waals surface area contributed by atoms with Crippen molar-refractivity contribution in [3.63, 3.8) is 0 Å². The molecule has 0 spiro atoms. The van der Waals surface area contributed by atoms with Crippen molar-refractivity contribution in [2.45, 2.75) is 38.1 Å². The second-order valence-corrected chi connectivity index (χ2v) is 7.86. The lowest BCUT2D eigenvalue weighted by Gasteiger charge is -2.15. The number of rotatable bonds is 12. The van der Waals surface area contributed by atoms with Gasteiger partial charge in [-0.25, -0.2) is 9.59 Å². The van der Waals surface area contributed by atoms with Crippen LogP contribution in [-0.4, -0.2) is 55.5 Å². The Hall–Kier alpha value is -3.39. The van der Waals surface area contributed by atoms with Crippen LogP contribution < -0.4 is 10.6 Å². The summed E-state index contributed by atoms with van der Waals surface area (Å²) < 4.78 is 10.8. The number of carbonyl (C=O) groups is 3. The normalized spacial score (nSPS) is 13.0. The van der Waals surface area contributed by atoms with Crippen molar-refractivity contribution in [1.29, 1.82) is 0 Å². The molecule has 1 aliphatic carbocycles. The molecule has 8 nitrogen and oxygen atoms in total. The number of amides is 2. The average Bonchev–Trinajstić information content (AvgIpc) is 3.13. The highest BCUT2D eigenvalue weighted by Gasteiger charge is 2.28. The number of fused-ring (bicyclic) bond motifs is 3. The van der Waals surface area contributed by atoms with Gasteiger partial charge in [0.2, 0.25) is 5.91 Å². The molecule has 33 heavy (non-hydrogen) atoms. The molecular formula is C25H30N2O6.